The topological polar surface area (TPSA) is 106 Å². The second-order valence-electron chi connectivity index (χ2n) is 5.97. The number of hydrogen-bond donors (Lipinski definition) is 2. The predicted octanol–water partition coefficient (Wildman–Crippen LogP) is 4.41. The molecule has 2 amide bonds. The first-order valence-corrected chi connectivity index (χ1v) is 11.2. The van der Waals surface area contributed by atoms with Crippen molar-refractivity contribution in [2.24, 2.45) is 5.84 Å². The number of hydrazine groups is 1. The number of nitrogens with zero attached hydrogens (tertiary/aromatic N) is 4. The lowest BCUT2D eigenvalue weighted by molar-refractivity contribution is 0.0777. The van der Waals surface area contributed by atoms with Crippen molar-refractivity contribution in [1.82, 2.24) is 19.8 Å². The molecule has 0 bridgehead atoms. The zero-order valence-corrected chi connectivity index (χ0v) is 21.0. The summed E-state index contributed by atoms with van der Waals surface area (Å²) in [6.45, 7) is -0.103. The highest BCUT2D eigenvalue weighted by Crippen LogP contribution is 2.32. The largest absolute Gasteiger partial charge is 0.319 e. The molecule has 8 nitrogen and oxygen atoms in total. The van der Waals surface area contributed by atoms with Gasteiger partial charge in [0.1, 0.15) is 10.3 Å². The first kappa shape index (κ1) is 23.4. The van der Waals surface area contributed by atoms with E-state index in [-0.39, 0.29) is 29.3 Å². The quantitative estimate of drug-likeness (QED) is 0.188. The van der Waals surface area contributed by atoms with Gasteiger partial charge in [0.05, 0.1) is 22.8 Å². The smallest absolute Gasteiger partial charge is 0.274 e. The number of rotatable bonds is 5. The summed E-state index contributed by atoms with van der Waals surface area (Å²) in [5, 5.41) is 8.15. The average molecular weight is 632 g/mol. The van der Waals surface area contributed by atoms with Crippen molar-refractivity contribution in [3.8, 4) is 18.2 Å². The molecular weight excluding hydrogens is 619 g/mol. The molecule has 158 valence electrons. The van der Waals surface area contributed by atoms with Crippen LogP contribution in [0.1, 0.15) is 20.8 Å². The minimum atomic E-state index is -0.572. The van der Waals surface area contributed by atoms with Gasteiger partial charge in [-0.25, -0.2) is 15.5 Å². The Labute approximate surface area is 207 Å². The van der Waals surface area contributed by atoms with Crippen LogP contribution in [-0.4, -0.2) is 38.1 Å². The summed E-state index contributed by atoms with van der Waals surface area (Å²) in [6.07, 6.45) is 6.77. The fourth-order valence-electron chi connectivity index (χ4n) is 2.58. The molecule has 0 spiro atoms. The van der Waals surface area contributed by atoms with E-state index in [0.29, 0.717) is 18.6 Å². The summed E-state index contributed by atoms with van der Waals surface area (Å²) in [4.78, 5) is 30.1. The Bertz CT molecular complexity index is 1220. The SMILES string of the molecule is C#CCN(N)C(=O)c1cc(Br)cc(Br)c1NC(=O)c1cc(Br)nn1-c1ncccc1Cl. The minimum absolute atomic E-state index is 0.103. The monoisotopic (exact) mass is 628 g/mol. The third-order valence-electron chi connectivity index (χ3n) is 3.90. The first-order valence-electron chi connectivity index (χ1n) is 8.39. The molecular formula is C19H12Br3ClN6O2. The first-order chi connectivity index (χ1) is 14.7. The Morgan fingerprint density at radius 2 is 2.03 bits per heavy atom. The van der Waals surface area contributed by atoms with E-state index in [1.54, 1.807) is 18.2 Å². The number of halogens is 4. The third-order valence-corrected chi connectivity index (χ3v) is 5.66. The molecule has 31 heavy (non-hydrogen) atoms. The van der Waals surface area contributed by atoms with Crippen LogP contribution in [0.2, 0.25) is 5.02 Å². The number of pyridine rings is 1. The van der Waals surface area contributed by atoms with Crippen molar-refractivity contribution < 1.29 is 9.59 Å². The van der Waals surface area contributed by atoms with Crippen LogP contribution in [0, 0.1) is 12.3 Å². The Morgan fingerprint density at radius 1 is 1.29 bits per heavy atom. The number of aromatic nitrogens is 3. The highest BCUT2D eigenvalue weighted by molar-refractivity contribution is 9.11. The van der Waals surface area contributed by atoms with E-state index in [2.05, 4.69) is 69.1 Å². The number of amides is 2. The lowest BCUT2D eigenvalue weighted by atomic mass is 10.1. The van der Waals surface area contributed by atoms with E-state index in [0.717, 1.165) is 5.01 Å². The van der Waals surface area contributed by atoms with Crippen molar-refractivity contribution in [1.29, 1.82) is 0 Å². The number of carbonyl (C=O) groups is 2. The van der Waals surface area contributed by atoms with Crippen LogP contribution in [0.3, 0.4) is 0 Å². The van der Waals surface area contributed by atoms with Gasteiger partial charge in [0.25, 0.3) is 11.8 Å². The molecule has 3 rings (SSSR count). The molecule has 0 atom stereocenters. The second-order valence-corrected chi connectivity index (χ2v) is 8.96. The molecule has 0 aliphatic heterocycles. The molecule has 3 aromatic rings. The van der Waals surface area contributed by atoms with Crippen molar-refractivity contribution >= 4 is 76.9 Å². The van der Waals surface area contributed by atoms with Crippen LogP contribution in [-0.2, 0) is 0 Å². The summed E-state index contributed by atoms with van der Waals surface area (Å²) in [5.41, 5.74) is 0.476. The Balaban J connectivity index is 2.04. The lowest BCUT2D eigenvalue weighted by Crippen LogP contribution is -2.38. The van der Waals surface area contributed by atoms with Crippen molar-refractivity contribution in [2.45, 2.75) is 0 Å². The minimum Gasteiger partial charge on any atom is -0.319 e. The van der Waals surface area contributed by atoms with Crippen LogP contribution < -0.4 is 11.2 Å². The molecule has 2 heterocycles. The van der Waals surface area contributed by atoms with Gasteiger partial charge in [-0.1, -0.05) is 33.5 Å². The van der Waals surface area contributed by atoms with Crippen LogP contribution in [0.25, 0.3) is 5.82 Å². The van der Waals surface area contributed by atoms with Crippen molar-refractivity contribution in [3.05, 3.63) is 66.4 Å². The van der Waals surface area contributed by atoms with Gasteiger partial charge in [-0.05, 0) is 56.1 Å². The Kier molecular flexibility index (Phi) is 7.51. The predicted molar refractivity (Wildman–Crippen MR) is 128 cm³/mol. The summed E-state index contributed by atoms with van der Waals surface area (Å²) < 4.78 is 2.74. The van der Waals surface area contributed by atoms with E-state index < -0.39 is 11.8 Å². The molecule has 1 aromatic carbocycles. The number of nitrogens with two attached hydrogens (primary N) is 1. The fraction of sp³-hybridized carbons (Fsp3) is 0.0526. The number of hydrogen-bond acceptors (Lipinski definition) is 5. The highest BCUT2D eigenvalue weighted by atomic mass is 79.9. The molecule has 0 saturated heterocycles. The average Bonchev–Trinajstić information content (AvgIpc) is 3.11. The summed E-state index contributed by atoms with van der Waals surface area (Å²) >= 11 is 16.2. The third kappa shape index (κ3) is 5.16. The Morgan fingerprint density at radius 3 is 2.71 bits per heavy atom. The van der Waals surface area contributed by atoms with Gasteiger partial charge < -0.3 is 5.32 Å². The summed E-state index contributed by atoms with van der Waals surface area (Å²) in [5.74, 6) is 7.19. The summed E-state index contributed by atoms with van der Waals surface area (Å²) in [6, 6.07) is 8.00. The number of carbonyl (C=O) groups excluding carboxylic acids is 2. The standard InChI is InChI=1S/C19H12Br3ClN6O2/c1-2-6-28(24)19(31)11-7-10(20)8-12(21)16(11)26-18(30)14-9-15(22)27-29(14)17-13(23)4-3-5-25-17/h1,3-5,7-9H,6,24H2,(H,26,30). The summed E-state index contributed by atoms with van der Waals surface area (Å²) in [7, 11) is 0. The molecule has 0 fully saturated rings. The molecule has 12 heteroatoms. The van der Waals surface area contributed by atoms with E-state index in [1.807, 2.05) is 0 Å². The normalized spacial score (nSPS) is 10.5. The van der Waals surface area contributed by atoms with Crippen LogP contribution in [0.4, 0.5) is 5.69 Å². The molecule has 0 aliphatic rings. The van der Waals surface area contributed by atoms with Crippen molar-refractivity contribution in [2.75, 3.05) is 11.9 Å². The van der Waals surface area contributed by atoms with Gasteiger partial charge in [0, 0.05) is 21.2 Å². The number of nitrogens with one attached hydrogen (secondary N) is 1. The van der Waals surface area contributed by atoms with E-state index in [9.17, 15) is 9.59 Å². The molecule has 0 unspecified atom stereocenters. The number of terminal acetylenes is 1. The van der Waals surface area contributed by atoms with Gasteiger partial charge in [0.15, 0.2) is 5.82 Å². The Hall–Kier alpha value is -2.23. The van der Waals surface area contributed by atoms with Gasteiger partial charge in [-0.3, -0.25) is 14.6 Å². The maximum Gasteiger partial charge on any atom is 0.274 e. The molecule has 0 radical (unpaired) electrons. The highest BCUT2D eigenvalue weighted by Gasteiger charge is 2.24. The lowest BCUT2D eigenvalue weighted by Gasteiger charge is -2.18. The van der Waals surface area contributed by atoms with Crippen LogP contribution in [0.15, 0.2) is 50.1 Å². The van der Waals surface area contributed by atoms with E-state index >= 15 is 0 Å². The molecule has 3 N–H and O–H groups in total. The number of benzene rings is 1. The van der Waals surface area contributed by atoms with Gasteiger partial charge in [-0.15, -0.1) is 6.42 Å². The van der Waals surface area contributed by atoms with Gasteiger partial charge in [0.2, 0.25) is 0 Å². The maximum atomic E-state index is 13.2. The molecule has 0 saturated carbocycles. The van der Waals surface area contributed by atoms with Crippen molar-refractivity contribution in [3.63, 3.8) is 0 Å². The van der Waals surface area contributed by atoms with Gasteiger partial charge >= 0.3 is 0 Å². The van der Waals surface area contributed by atoms with Crippen LogP contribution >= 0.6 is 59.4 Å². The van der Waals surface area contributed by atoms with E-state index in [1.165, 1.54) is 23.0 Å². The second kappa shape index (κ2) is 9.93. The van der Waals surface area contributed by atoms with Gasteiger partial charge in [-0.2, -0.15) is 5.10 Å². The van der Waals surface area contributed by atoms with Crippen LogP contribution in [0.5, 0.6) is 0 Å². The zero-order valence-electron chi connectivity index (χ0n) is 15.4. The zero-order chi connectivity index (χ0) is 22.7. The number of anilines is 1. The van der Waals surface area contributed by atoms with E-state index in [4.69, 9.17) is 23.9 Å². The molecule has 2 aromatic heterocycles. The molecule has 0 aliphatic carbocycles. The maximum absolute atomic E-state index is 13.2. The fourth-order valence-corrected chi connectivity index (χ4v) is 4.48.